The van der Waals surface area contributed by atoms with Crippen LogP contribution in [0.3, 0.4) is 0 Å². The lowest BCUT2D eigenvalue weighted by atomic mass is 10.2. The first kappa shape index (κ1) is 17.0. The fraction of sp³-hybridized carbons (Fsp3) is 0.0588. The molecule has 6 nitrogen and oxygen atoms in total. The number of aromatic nitrogens is 1. The molecule has 4 rings (SSSR count). The largest absolute Gasteiger partial charge is 0.378 e. The maximum absolute atomic E-state index is 12.6. The topological polar surface area (TPSA) is 99.3 Å². The number of amides is 1. The van der Waals surface area contributed by atoms with Crippen molar-refractivity contribution in [3.05, 3.63) is 52.3 Å². The number of carbonyl (C=O) groups excluding carboxylic acids is 1. The lowest BCUT2D eigenvalue weighted by molar-refractivity contribution is 0.1000. The minimum atomic E-state index is -4.05. The van der Waals surface area contributed by atoms with Gasteiger partial charge in [-0.1, -0.05) is 0 Å². The molecule has 0 saturated heterocycles. The normalized spacial score (nSPS) is 11.9. The van der Waals surface area contributed by atoms with E-state index in [9.17, 15) is 13.2 Å². The van der Waals surface area contributed by atoms with E-state index in [0.29, 0.717) is 5.39 Å². The average Bonchev–Trinajstić information content (AvgIpc) is 3.20. The van der Waals surface area contributed by atoms with Gasteiger partial charge >= 0.3 is 10.1 Å². The smallest absolute Gasteiger partial charge is 0.339 e. The maximum atomic E-state index is 12.6. The van der Waals surface area contributed by atoms with Gasteiger partial charge in [0.05, 0.1) is 19.9 Å². The second-order valence-corrected chi connectivity index (χ2v) is 9.24. The number of thiophene rings is 1. The van der Waals surface area contributed by atoms with Crippen LogP contribution in [0.4, 0.5) is 0 Å². The summed E-state index contributed by atoms with van der Waals surface area (Å²) in [6.45, 7) is 1.90. The lowest BCUT2D eigenvalue weighted by Crippen LogP contribution is -2.13. The van der Waals surface area contributed by atoms with E-state index < -0.39 is 16.0 Å². The fourth-order valence-corrected chi connectivity index (χ4v) is 5.38. The molecule has 0 spiro atoms. The predicted octanol–water partition coefficient (Wildman–Crippen LogP) is 3.69. The molecule has 0 atom stereocenters. The third-order valence-corrected chi connectivity index (χ3v) is 6.88. The van der Waals surface area contributed by atoms with E-state index in [2.05, 4.69) is 4.98 Å². The van der Waals surface area contributed by atoms with E-state index in [1.165, 1.54) is 46.9 Å². The van der Waals surface area contributed by atoms with E-state index >= 15 is 0 Å². The number of nitrogens with zero attached hydrogens (tertiary/aromatic N) is 1. The molecule has 0 aliphatic carbocycles. The first-order valence-electron chi connectivity index (χ1n) is 7.47. The van der Waals surface area contributed by atoms with Crippen molar-refractivity contribution in [1.82, 2.24) is 4.98 Å². The Balaban J connectivity index is 1.79. The molecule has 2 heterocycles. The van der Waals surface area contributed by atoms with Gasteiger partial charge in [-0.05, 0) is 42.6 Å². The average molecular weight is 404 g/mol. The van der Waals surface area contributed by atoms with Crippen LogP contribution in [0.15, 0.2) is 46.7 Å². The Morgan fingerprint density at radius 2 is 1.92 bits per heavy atom. The number of fused-ring (bicyclic) bond motifs is 3. The molecular formula is C17H12N2O4S3. The summed E-state index contributed by atoms with van der Waals surface area (Å²) < 4.78 is 32.5. The van der Waals surface area contributed by atoms with Crippen LogP contribution in [0.25, 0.3) is 20.3 Å². The molecule has 26 heavy (non-hydrogen) atoms. The molecule has 132 valence electrons. The molecule has 2 N–H and O–H groups in total. The Kier molecular flexibility index (Phi) is 3.94. The number of aryl methyl sites for hydroxylation is 1. The van der Waals surface area contributed by atoms with Crippen LogP contribution >= 0.6 is 22.7 Å². The highest BCUT2D eigenvalue weighted by Gasteiger charge is 2.21. The Bertz CT molecular complexity index is 1250. The number of benzene rings is 2. The van der Waals surface area contributed by atoms with Crippen molar-refractivity contribution in [2.75, 3.05) is 0 Å². The van der Waals surface area contributed by atoms with Crippen LogP contribution < -0.4 is 9.92 Å². The summed E-state index contributed by atoms with van der Waals surface area (Å²) in [5, 5.41) is 3.47. The summed E-state index contributed by atoms with van der Waals surface area (Å²) in [7, 11) is -4.05. The quantitative estimate of drug-likeness (QED) is 0.523. The van der Waals surface area contributed by atoms with Crippen molar-refractivity contribution in [3.63, 3.8) is 0 Å². The summed E-state index contributed by atoms with van der Waals surface area (Å²) in [5.74, 6) is -0.364. The van der Waals surface area contributed by atoms with Gasteiger partial charge in [0.1, 0.15) is 4.90 Å². The Morgan fingerprint density at radius 3 is 2.62 bits per heavy atom. The molecule has 0 fully saturated rings. The molecule has 0 saturated carbocycles. The van der Waals surface area contributed by atoms with Gasteiger partial charge in [-0.2, -0.15) is 8.42 Å². The van der Waals surface area contributed by atoms with Gasteiger partial charge in [0.25, 0.3) is 0 Å². The number of hydrogen-bond acceptors (Lipinski definition) is 7. The van der Waals surface area contributed by atoms with Crippen molar-refractivity contribution >= 4 is 59.0 Å². The molecule has 1 amide bonds. The summed E-state index contributed by atoms with van der Waals surface area (Å²) >= 11 is 2.97. The monoisotopic (exact) mass is 404 g/mol. The van der Waals surface area contributed by atoms with Gasteiger partial charge in [-0.25, -0.2) is 4.98 Å². The van der Waals surface area contributed by atoms with Gasteiger partial charge in [0.15, 0.2) is 5.75 Å². The zero-order valence-corrected chi connectivity index (χ0v) is 15.9. The van der Waals surface area contributed by atoms with Crippen LogP contribution in [-0.4, -0.2) is 19.3 Å². The number of hydrogen-bond donors (Lipinski definition) is 1. The van der Waals surface area contributed by atoms with Crippen LogP contribution in [0.2, 0.25) is 0 Å². The van der Waals surface area contributed by atoms with Gasteiger partial charge in [0, 0.05) is 17.0 Å². The van der Waals surface area contributed by atoms with E-state index in [4.69, 9.17) is 9.92 Å². The fourth-order valence-electron chi connectivity index (χ4n) is 2.61. The maximum Gasteiger partial charge on any atom is 0.339 e. The molecular weight excluding hydrogens is 392 g/mol. The summed E-state index contributed by atoms with van der Waals surface area (Å²) in [6, 6.07) is 8.83. The predicted molar refractivity (Wildman–Crippen MR) is 103 cm³/mol. The molecule has 0 bridgehead atoms. The highest BCUT2D eigenvalue weighted by Crippen LogP contribution is 2.39. The first-order chi connectivity index (χ1) is 12.3. The van der Waals surface area contributed by atoms with Crippen molar-refractivity contribution in [2.24, 2.45) is 5.73 Å². The Morgan fingerprint density at radius 1 is 1.19 bits per heavy atom. The minimum Gasteiger partial charge on any atom is -0.378 e. The third kappa shape index (κ3) is 2.83. The molecule has 0 aliphatic rings. The van der Waals surface area contributed by atoms with Crippen LogP contribution in [0.5, 0.6) is 5.75 Å². The number of rotatable bonds is 4. The molecule has 9 heteroatoms. The van der Waals surface area contributed by atoms with Crippen LogP contribution in [0, 0.1) is 6.92 Å². The molecule has 0 unspecified atom stereocenters. The van der Waals surface area contributed by atoms with E-state index in [1.54, 1.807) is 6.07 Å². The van der Waals surface area contributed by atoms with Gasteiger partial charge in [0.2, 0.25) is 5.91 Å². The molecule has 0 radical (unpaired) electrons. The zero-order chi connectivity index (χ0) is 18.5. The molecule has 2 aromatic carbocycles. The van der Waals surface area contributed by atoms with Gasteiger partial charge in [-0.3, -0.25) is 4.79 Å². The van der Waals surface area contributed by atoms with Crippen LogP contribution in [-0.2, 0) is 10.1 Å². The van der Waals surface area contributed by atoms with Gasteiger partial charge < -0.3 is 9.92 Å². The van der Waals surface area contributed by atoms with Crippen molar-refractivity contribution in [2.45, 2.75) is 11.8 Å². The molecule has 4 aromatic rings. The summed E-state index contributed by atoms with van der Waals surface area (Å²) in [5.41, 5.74) is 6.26. The second-order valence-electron chi connectivity index (χ2n) is 5.54. The lowest BCUT2D eigenvalue weighted by Gasteiger charge is -2.09. The number of nitrogens with two attached hydrogens (primary N) is 1. The van der Waals surface area contributed by atoms with E-state index in [0.717, 1.165) is 19.9 Å². The minimum absolute atomic E-state index is 0.0496. The third-order valence-electron chi connectivity index (χ3n) is 3.80. The van der Waals surface area contributed by atoms with E-state index in [1.807, 2.05) is 18.4 Å². The van der Waals surface area contributed by atoms with Crippen LogP contribution in [0.1, 0.15) is 15.4 Å². The van der Waals surface area contributed by atoms with Crippen molar-refractivity contribution in [3.8, 4) is 5.75 Å². The summed E-state index contributed by atoms with van der Waals surface area (Å²) in [6.07, 6.45) is 0. The number of primary amides is 1. The summed E-state index contributed by atoms with van der Waals surface area (Å²) in [4.78, 5) is 15.6. The van der Waals surface area contributed by atoms with Crippen molar-refractivity contribution in [1.29, 1.82) is 0 Å². The highest BCUT2D eigenvalue weighted by molar-refractivity contribution is 7.87. The number of thiazole rings is 1. The zero-order valence-electron chi connectivity index (χ0n) is 13.4. The SMILES string of the molecule is Cc1nc2c(cc(OS(=O)(=O)c3ccc(C(N)=O)cc3)c3ccsc32)s1. The number of carbonyl (C=O) groups is 1. The molecule has 0 aliphatic heterocycles. The standard InChI is InChI=1S/C17H12N2O4S3/c1-9-19-15-14(25-9)8-13(12-6-7-24-16(12)15)23-26(21,22)11-4-2-10(3-5-11)17(18)20/h2-8H,1H3,(H2,18,20). The Hall–Kier alpha value is -2.49. The molecule has 2 aromatic heterocycles. The second kappa shape index (κ2) is 6.04. The van der Waals surface area contributed by atoms with E-state index in [-0.39, 0.29) is 16.2 Å². The van der Waals surface area contributed by atoms with Gasteiger partial charge in [-0.15, -0.1) is 22.7 Å². The van der Waals surface area contributed by atoms with Crippen molar-refractivity contribution < 1.29 is 17.4 Å². The Labute approximate surface area is 157 Å². The first-order valence-corrected chi connectivity index (χ1v) is 10.6. The highest BCUT2D eigenvalue weighted by atomic mass is 32.2.